The Morgan fingerprint density at radius 3 is 2.42 bits per heavy atom. The highest BCUT2D eigenvalue weighted by Crippen LogP contribution is 2.20. The monoisotopic (exact) mass is 266 g/mol. The second-order valence-electron chi connectivity index (χ2n) is 5.37. The number of amides is 1. The summed E-state index contributed by atoms with van der Waals surface area (Å²) in [6.45, 7) is 5.88. The highest BCUT2D eigenvalue weighted by Gasteiger charge is 2.20. The highest BCUT2D eigenvalue weighted by molar-refractivity contribution is 5.68. The maximum absolute atomic E-state index is 11.8. The Bertz CT molecular complexity index is 410. The molecule has 0 heterocycles. The first kappa shape index (κ1) is 15.3. The van der Waals surface area contributed by atoms with Gasteiger partial charge in [0.2, 0.25) is 0 Å². The summed E-state index contributed by atoms with van der Waals surface area (Å²) in [6.07, 6.45) is 0.128. The van der Waals surface area contributed by atoms with Crippen LogP contribution >= 0.6 is 0 Å². The number of alkyl carbamates (subject to hydrolysis) is 1. The molecule has 5 nitrogen and oxygen atoms in total. The second kappa shape index (κ2) is 6.43. The van der Waals surface area contributed by atoms with E-state index in [-0.39, 0.29) is 11.8 Å². The van der Waals surface area contributed by atoms with Crippen molar-refractivity contribution in [1.82, 2.24) is 5.32 Å². The minimum absolute atomic E-state index is 0.188. The molecule has 0 saturated carbocycles. The van der Waals surface area contributed by atoms with Gasteiger partial charge < -0.3 is 20.9 Å². The summed E-state index contributed by atoms with van der Waals surface area (Å²) in [5.74, 6) is 0.188. The van der Waals surface area contributed by atoms with E-state index in [0.29, 0.717) is 13.0 Å². The third-order valence-electron chi connectivity index (χ3n) is 2.44. The van der Waals surface area contributed by atoms with Crippen LogP contribution in [0, 0.1) is 0 Å². The third kappa shape index (κ3) is 5.61. The summed E-state index contributed by atoms with van der Waals surface area (Å²) in [5.41, 5.74) is 5.91. The van der Waals surface area contributed by atoms with Crippen molar-refractivity contribution in [2.24, 2.45) is 5.73 Å². The Labute approximate surface area is 113 Å². The molecule has 1 aromatic carbocycles. The number of ether oxygens (including phenoxy) is 1. The molecule has 106 valence electrons. The topological polar surface area (TPSA) is 84.6 Å². The fraction of sp³-hybridized carbons (Fsp3) is 0.500. The van der Waals surface area contributed by atoms with Crippen molar-refractivity contribution in [2.45, 2.75) is 38.8 Å². The number of nitrogens with one attached hydrogen (secondary N) is 1. The second-order valence-corrected chi connectivity index (χ2v) is 5.37. The number of carbonyl (C=O) groups is 1. The molecule has 0 aromatic heterocycles. The number of phenolic OH excluding ortho intramolecular Hbond substituents is 1. The lowest BCUT2D eigenvalue weighted by Gasteiger charge is -2.23. The van der Waals surface area contributed by atoms with Crippen LogP contribution in [0.5, 0.6) is 5.75 Å². The molecule has 4 N–H and O–H groups in total. The van der Waals surface area contributed by atoms with Gasteiger partial charge in [-0.05, 0) is 51.4 Å². The summed E-state index contributed by atoms with van der Waals surface area (Å²) in [7, 11) is 0. The number of hydrogen-bond donors (Lipinski definition) is 3. The molecule has 1 aromatic rings. The lowest BCUT2D eigenvalue weighted by Crippen LogP contribution is -2.35. The van der Waals surface area contributed by atoms with Crippen molar-refractivity contribution in [1.29, 1.82) is 0 Å². The van der Waals surface area contributed by atoms with Gasteiger partial charge in [-0.3, -0.25) is 0 Å². The van der Waals surface area contributed by atoms with E-state index >= 15 is 0 Å². The van der Waals surface area contributed by atoms with Gasteiger partial charge in [-0.15, -0.1) is 0 Å². The van der Waals surface area contributed by atoms with Crippen LogP contribution in [0.4, 0.5) is 4.79 Å². The standard InChI is InChI=1S/C14H22N2O3/c1-14(2,3)19-13(18)16-12(8-9-15)10-4-6-11(17)7-5-10/h4-7,12,17H,8-9,15H2,1-3H3,(H,16,18). The normalized spacial score (nSPS) is 12.8. The Hall–Kier alpha value is -1.75. The van der Waals surface area contributed by atoms with Crippen LogP contribution in [0.1, 0.15) is 38.8 Å². The number of rotatable bonds is 4. The predicted molar refractivity (Wildman–Crippen MR) is 73.9 cm³/mol. The van der Waals surface area contributed by atoms with Crippen molar-refractivity contribution in [3.05, 3.63) is 29.8 Å². The number of carbonyl (C=O) groups excluding carboxylic acids is 1. The number of benzene rings is 1. The predicted octanol–water partition coefficient (Wildman–Crippen LogP) is 2.31. The van der Waals surface area contributed by atoms with Crippen LogP contribution in [0.2, 0.25) is 0 Å². The zero-order chi connectivity index (χ0) is 14.5. The first-order valence-electron chi connectivity index (χ1n) is 6.30. The summed E-state index contributed by atoms with van der Waals surface area (Å²) in [5, 5.41) is 12.1. The molecular weight excluding hydrogens is 244 g/mol. The average molecular weight is 266 g/mol. The first-order chi connectivity index (χ1) is 8.81. The van der Waals surface area contributed by atoms with Crippen LogP contribution in [-0.2, 0) is 4.74 Å². The van der Waals surface area contributed by atoms with Gasteiger partial charge in [0.1, 0.15) is 11.4 Å². The van der Waals surface area contributed by atoms with Crippen LogP contribution in [0.15, 0.2) is 24.3 Å². The summed E-state index contributed by atoms with van der Waals surface area (Å²) < 4.78 is 5.22. The molecule has 0 spiro atoms. The molecule has 1 atom stereocenters. The van der Waals surface area contributed by atoms with Gasteiger partial charge in [-0.25, -0.2) is 4.79 Å². The molecule has 0 aliphatic carbocycles. The molecule has 0 saturated heterocycles. The molecule has 1 amide bonds. The van der Waals surface area contributed by atoms with E-state index in [1.54, 1.807) is 24.3 Å². The zero-order valence-corrected chi connectivity index (χ0v) is 11.6. The van der Waals surface area contributed by atoms with Crippen molar-refractivity contribution >= 4 is 6.09 Å². The summed E-state index contributed by atoms with van der Waals surface area (Å²) in [6, 6.07) is 6.45. The van der Waals surface area contributed by atoms with Crippen LogP contribution in [-0.4, -0.2) is 23.3 Å². The highest BCUT2D eigenvalue weighted by atomic mass is 16.6. The third-order valence-corrected chi connectivity index (χ3v) is 2.44. The molecular formula is C14H22N2O3. The van der Waals surface area contributed by atoms with Crippen molar-refractivity contribution in [2.75, 3.05) is 6.54 Å². The van der Waals surface area contributed by atoms with E-state index in [2.05, 4.69) is 5.32 Å². The smallest absolute Gasteiger partial charge is 0.408 e. The summed E-state index contributed by atoms with van der Waals surface area (Å²) >= 11 is 0. The first-order valence-corrected chi connectivity index (χ1v) is 6.30. The van der Waals surface area contributed by atoms with Crippen molar-refractivity contribution < 1.29 is 14.6 Å². The van der Waals surface area contributed by atoms with Gasteiger partial charge in [0.25, 0.3) is 0 Å². The van der Waals surface area contributed by atoms with Crippen LogP contribution in [0.25, 0.3) is 0 Å². The average Bonchev–Trinajstić information content (AvgIpc) is 2.27. The quantitative estimate of drug-likeness (QED) is 0.780. The van der Waals surface area contributed by atoms with E-state index in [4.69, 9.17) is 10.5 Å². The zero-order valence-electron chi connectivity index (χ0n) is 11.6. The van der Waals surface area contributed by atoms with Gasteiger partial charge in [0.15, 0.2) is 0 Å². The largest absolute Gasteiger partial charge is 0.508 e. The molecule has 5 heteroatoms. The number of hydrogen-bond acceptors (Lipinski definition) is 4. The molecule has 1 rings (SSSR count). The number of nitrogens with two attached hydrogens (primary N) is 1. The molecule has 0 fully saturated rings. The Morgan fingerprint density at radius 2 is 1.95 bits per heavy atom. The number of phenols is 1. The van der Waals surface area contributed by atoms with Gasteiger partial charge in [0.05, 0.1) is 6.04 Å². The Balaban J connectivity index is 2.73. The van der Waals surface area contributed by atoms with Crippen molar-refractivity contribution in [3.8, 4) is 5.75 Å². The van der Waals surface area contributed by atoms with Crippen LogP contribution < -0.4 is 11.1 Å². The van der Waals surface area contributed by atoms with Crippen molar-refractivity contribution in [3.63, 3.8) is 0 Å². The minimum Gasteiger partial charge on any atom is -0.508 e. The van der Waals surface area contributed by atoms with E-state index in [9.17, 15) is 9.90 Å². The molecule has 19 heavy (non-hydrogen) atoms. The van der Waals surface area contributed by atoms with Gasteiger partial charge in [-0.1, -0.05) is 12.1 Å². The summed E-state index contributed by atoms with van der Waals surface area (Å²) in [4.78, 5) is 11.8. The molecule has 0 aliphatic rings. The molecule has 1 unspecified atom stereocenters. The SMILES string of the molecule is CC(C)(C)OC(=O)NC(CCN)c1ccc(O)cc1. The van der Waals surface area contributed by atoms with E-state index in [0.717, 1.165) is 5.56 Å². The molecule has 0 radical (unpaired) electrons. The Kier molecular flexibility index (Phi) is 5.18. The maximum atomic E-state index is 11.8. The van der Waals surface area contributed by atoms with Gasteiger partial charge in [-0.2, -0.15) is 0 Å². The molecule has 0 aliphatic heterocycles. The van der Waals surface area contributed by atoms with E-state index in [1.165, 1.54) is 0 Å². The van der Waals surface area contributed by atoms with Gasteiger partial charge in [0, 0.05) is 0 Å². The maximum Gasteiger partial charge on any atom is 0.408 e. The minimum atomic E-state index is -0.535. The van der Waals surface area contributed by atoms with Crippen LogP contribution in [0.3, 0.4) is 0 Å². The van der Waals surface area contributed by atoms with Gasteiger partial charge >= 0.3 is 6.09 Å². The lowest BCUT2D eigenvalue weighted by molar-refractivity contribution is 0.0501. The fourth-order valence-corrected chi connectivity index (χ4v) is 1.65. The number of aromatic hydroxyl groups is 1. The molecule has 0 bridgehead atoms. The van der Waals surface area contributed by atoms with E-state index in [1.807, 2.05) is 20.8 Å². The Morgan fingerprint density at radius 1 is 1.37 bits per heavy atom. The lowest BCUT2D eigenvalue weighted by atomic mass is 10.0. The van der Waals surface area contributed by atoms with E-state index < -0.39 is 11.7 Å². The fourth-order valence-electron chi connectivity index (χ4n) is 1.65.